The van der Waals surface area contributed by atoms with Gasteiger partial charge in [0.2, 0.25) is 0 Å². The number of hydrogen-bond donors (Lipinski definition) is 0. The van der Waals surface area contributed by atoms with Crippen LogP contribution in [0.15, 0.2) is 24.8 Å². The predicted molar refractivity (Wildman–Crippen MR) is 77.0 cm³/mol. The molecule has 1 saturated heterocycles. The summed E-state index contributed by atoms with van der Waals surface area (Å²) in [6, 6.07) is 0. The highest BCUT2D eigenvalue weighted by Crippen LogP contribution is 2.22. The summed E-state index contributed by atoms with van der Waals surface area (Å²) in [7, 11) is 0. The first-order valence-electron chi connectivity index (χ1n) is 6.92. The number of carbonyl (C=O) groups excluding carboxylic acids is 1. The van der Waals surface area contributed by atoms with Crippen molar-refractivity contribution >= 4 is 23.0 Å². The number of amides is 1. The van der Waals surface area contributed by atoms with E-state index in [4.69, 9.17) is 11.6 Å². The molecule has 6 heteroatoms. The van der Waals surface area contributed by atoms with Crippen molar-refractivity contribution in [2.45, 2.75) is 19.3 Å². The average Bonchev–Trinajstić information content (AvgIpc) is 2.91. The minimum atomic E-state index is 0.0484. The highest BCUT2D eigenvalue weighted by Gasteiger charge is 2.25. The van der Waals surface area contributed by atoms with Gasteiger partial charge in [-0.25, -0.2) is 4.52 Å². The third kappa shape index (κ3) is 2.50. The van der Waals surface area contributed by atoms with Gasteiger partial charge in [0.05, 0.1) is 23.5 Å². The van der Waals surface area contributed by atoms with Crippen LogP contribution in [0.5, 0.6) is 0 Å². The molecule has 2 aromatic rings. The molecule has 0 aliphatic carbocycles. The number of rotatable bonds is 3. The van der Waals surface area contributed by atoms with Crippen LogP contribution in [0.3, 0.4) is 0 Å². The second-order valence-electron chi connectivity index (χ2n) is 5.20. The van der Waals surface area contributed by atoms with Gasteiger partial charge in [-0.3, -0.25) is 9.78 Å². The Morgan fingerprint density at radius 1 is 1.45 bits per heavy atom. The number of likely N-dealkylation sites (tertiary alicyclic amines) is 1. The summed E-state index contributed by atoms with van der Waals surface area (Å²) < 4.78 is 1.68. The number of nitrogens with zero attached hydrogens (tertiary/aromatic N) is 4. The fourth-order valence-corrected chi connectivity index (χ4v) is 3.12. The Balaban J connectivity index is 1.81. The van der Waals surface area contributed by atoms with E-state index in [1.54, 1.807) is 29.3 Å². The van der Waals surface area contributed by atoms with E-state index in [1.807, 2.05) is 4.90 Å². The monoisotopic (exact) mass is 292 g/mol. The maximum Gasteiger partial charge on any atom is 0.257 e. The molecule has 20 heavy (non-hydrogen) atoms. The normalized spacial score (nSPS) is 19.4. The van der Waals surface area contributed by atoms with Crippen LogP contribution >= 0.6 is 11.6 Å². The van der Waals surface area contributed by atoms with Crippen molar-refractivity contribution in [2.24, 2.45) is 5.92 Å². The Morgan fingerprint density at radius 2 is 2.35 bits per heavy atom. The second kappa shape index (κ2) is 5.79. The molecule has 3 rings (SSSR count). The first-order valence-corrected chi connectivity index (χ1v) is 7.45. The largest absolute Gasteiger partial charge is 0.338 e. The number of aromatic nitrogens is 3. The van der Waals surface area contributed by atoms with Crippen molar-refractivity contribution in [3.63, 3.8) is 0 Å². The zero-order valence-corrected chi connectivity index (χ0v) is 12.0. The summed E-state index contributed by atoms with van der Waals surface area (Å²) in [5.74, 6) is 1.23. The molecule has 2 aromatic heterocycles. The van der Waals surface area contributed by atoms with E-state index >= 15 is 0 Å². The third-order valence-corrected chi connectivity index (χ3v) is 4.10. The van der Waals surface area contributed by atoms with Gasteiger partial charge in [-0.2, -0.15) is 5.10 Å². The maximum absolute atomic E-state index is 12.6. The van der Waals surface area contributed by atoms with E-state index in [-0.39, 0.29) is 5.91 Å². The number of piperidine rings is 1. The quantitative estimate of drug-likeness (QED) is 0.815. The number of fused-ring (bicyclic) bond motifs is 1. The molecule has 5 nitrogen and oxygen atoms in total. The van der Waals surface area contributed by atoms with E-state index in [2.05, 4.69) is 10.1 Å². The number of alkyl halides is 1. The fourth-order valence-electron chi connectivity index (χ4n) is 2.81. The summed E-state index contributed by atoms with van der Waals surface area (Å²) in [5, 5.41) is 4.20. The molecule has 0 spiro atoms. The average molecular weight is 293 g/mol. The van der Waals surface area contributed by atoms with Crippen LogP contribution in [-0.4, -0.2) is 44.4 Å². The van der Waals surface area contributed by atoms with E-state index < -0.39 is 0 Å². The minimum Gasteiger partial charge on any atom is -0.338 e. The van der Waals surface area contributed by atoms with Crippen LogP contribution in [-0.2, 0) is 0 Å². The van der Waals surface area contributed by atoms with Crippen LogP contribution < -0.4 is 0 Å². The van der Waals surface area contributed by atoms with E-state index in [0.29, 0.717) is 17.4 Å². The van der Waals surface area contributed by atoms with Crippen molar-refractivity contribution < 1.29 is 4.79 Å². The van der Waals surface area contributed by atoms with Gasteiger partial charge in [0.1, 0.15) is 0 Å². The van der Waals surface area contributed by atoms with Gasteiger partial charge in [0.25, 0.3) is 5.91 Å². The van der Waals surface area contributed by atoms with Gasteiger partial charge in [0, 0.05) is 31.4 Å². The Bertz CT molecular complexity index is 610. The fraction of sp³-hybridized carbons (Fsp3) is 0.500. The zero-order chi connectivity index (χ0) is 13.9. The van der Waals surface area contributed by atoms with Crippen LogP contribution in [0.1, 0.15) is 29.6 Å². The second-order valence-corrected chi connectivity index (χ2v) is 5.58. The van der Waals surface area contributed by atoms with E-state index in [0.717, 1.165) is 37.9 Å². The molecule has 1 aliphatic heterocycles. The Morgan fingerprint density at radius 3 is 3.20 bits per heavy atom. The summed E-state index contributed by atoms with van der Waals surface area (Å²) >= 11 is 5.81. The van der Waals surface area contributed by atoms with Gasteiger partial charge >= 0.3 is 0 Å². The smallest absolute Gasteiger partial charge is 0.257 e. The van der Waals surface area contributed by atoms with Gasteiger partial charge in [-0.15, -0.1) is 11.6 Å². The Hall–Kier alpha value is -1.62. The molecule has 0 saturated carbocycles. The lowest BCUT2D eigenvalue weighted by atomic mass is 9.95. The highest BCUT2D eigenvalue weighted by molar-refractivity contribution is 6.17. The molecule has 0 bridgehead atoms. The highest BCUT2D eigenvalue weighted by atomic mass is 35.5. The first kappa shape index (κ1) is 13.4. The van der Waals surface area contributed by atoms with Gasteiger partial charge < -0.3 is 4.90 Å². The van der Waals surface area contributed by atoms with Crippen LogP contribution in [0.25, 0.3) is 5.52 Å². The molecule has 1 unspecified atom stereocenters. The molecule has 0 radical (unpaired) electrons. The standard InChI is InChI=1S/C14H17ClN4O/c15-4-3-11-2-1-6-18(10-11)14(20)12-8-17-19-7-5-16-9-13(12)19/h5,7-9,11H,1-4,6,10H2. The lowest BCUT2D eigenvalue weighted by Gasteiger charge is -2.32. The minimum absolute atomic E-state index is 0.0484. The summed E-state index contributed by atoms with van der Waals surface area (Å²) in [6.45, 7) is 1.61. The Labute approximate surface area is 122 Å². The molecule has 1 fully saturated rings. The summed E-state index contributed by atoms with van der Waals surface area (Å²) in [4.78, 5) is 18.6. The van der Waals surface area contributed by atoms with Crippen molar-refractivity contribution in [1.82, 2.24) is 19.5 Å². The van der Waals surface area contributed by atoms with Crippen molar-refractivity contribution in [1.29, 1.82) is 0 Å². The van der Waals surface area contributed by atoms with Gasteiger partial charge in [-0.05, 0) is 25.2 Å². The molecule has 106 valence electrons. The van der Waals surface area contributed by atoms with Crippen LogP contribution in [0, 0.1) is 5.92 Å². The van der Waals surface area contributed by atoms with E-state index in [9.17, 15) is 4.79 Å². The van der Waals surface area contributed by atoms with Crippen molar-refractivity contribution in [3.05, 3.63) is 30.4 Å². The lowest BCUT2D eigenvalue weighted by Crippen LogP contribution is -2.40. The maximum atomic E-state index is 12.6. The summed E-state index contributed by atoms with van der Waals surface area (Å²) in [6.07, 6.45) is 9.90. The molecule has 1 amide bonds. The zero-order valence-electron chi connectivity index (χ0n) is 11.2. The van der Waals surface area contributed by atoms with Crippen molar-refractivity contribution in [3.8, 4) is 0 Å². The number of carbonyl (C=O) groups is 1. The number of hydrogen-bond acceptors (Lipinski definition) is 3. The number of halogens is 1. The molecular formula is C14H17ClN4O. The molecule has 0 N–H and O–H groups in total. The summed E-state index contributed by atoms with van der Waals surface area (Å²) in [5.41, 5.74) is 1.39. The van der Waals surface area contributed by atoms with Crippen LogP contribution in [0.4, 0.5) is 0 Å². The van der Waals surface area contributed by atoms with Gasteiger partial charge in [-0.1, -0.05) is 0 Å². The third-order valence-electron chi connectivity index (χ3n) is 3.88. The van der Waals surface area contributed by atoms with Gasteiger partial charge in [0.15, 0.2) is 0 Å². The lowest BCUT2D eigenvalue weighted by molar-refractivity contribution is 0.0673. The molecule has 3 heterocycles. The van der Waals surface area contributed by atoms with Crippen molar-refractivity contribution in [2.75, 3.05) is 19.0 Å². The topological polar surface area (TPSA) is 50.5 Å². The van der Waals surface area contributed by atoms with Crippen LogP contribution in [0.2, 0.25) is 0 Å². The molecule has 1 atom stereocenters. The van der Waals surface area contributed by atoms with E-state index in [1.165, 1.54) is 0 Å². The molecule has 0 aromatic carbocycles. The first-order chi connectivity index (χ1) is 9.79. The molecule has 1 aliphatic rings. The predicted octanol–water partition coefficient (Wildman–Crippen LogP) is 2.21. The SMILES string of the molecule is O=C(c1cnn2ccncc12)N1CCCC(CCCl)C1. The Kier molecular flexibility index (Phi) is 3.87. The molecular weight excluding hydrogens is 276 g/mol.